The van der Waals surface area contributed by atoms with Crippen molar-refractivity contribution in [2.24, 2.45) is 5.84 Å². The van der Waals surface area contributed by atoms with Crippen LogP contribution in [0.1, 0.15) is 11.7 Å². The number of para-hydroxylation sites is 1. The van der Waals surface area contributed by atoms with Gasteiger partial charge in [0.15, 0.2) is 0 Å². The number of hydrogen-bond donors (Lipinski definition) is 6. The third-order valence-electron chi connectivity index (χ3n) is 4.90. The van der Waals surface area contributed by atoms with Crippen LogP contribution in [0.2, 0.25) is 0 Å². The highest BCUT2D eigenvalue weighted by Gasteiger charge is 2.28. The van der Waals surface area contributed by atoms with Crippen molar-refractivity contribution < 1.29 is 0 Å². The molecular formula is C20H26N8. The fourth-order valence-electron chi connectivity index (χ4n) is 3.53. The van der Waals surface area contributed by atoms with Crippen molar-refractivity contribution >= 4 is 22.1 Å². The number of nitrogens with one attached hydrogen (secondary N) is 5. The van der Waals surface area contributed by atoms with E-state index in [1.807, 2.05) is 56.8 Å². The number of fused-ring (bicyclic) bond motifs is 1. The molecule has 1 fully saturated rings. The number of aromatic nitrogens is 1. The molecule has 0 bridgehead atoms. The number of rotatable bonds is 5. The maximum Gasteiger partial charge on any atom is 0.136 e. The zero-order valence-electron chi connectivity index (χ0n) is 16.0. The Morgan fingerprint density at radius 1 is 1.00 bits per heavy atom. The van der Waals surface area contributed by atoms with Gasteiger partial charge in [0.1, 0.15) is 12.6 Å². The van der Waals surface area contributed by atoms with Crippen molar-refractivity contribution in [2.45, 2.75) is 18.7 Å². The molecule has 4 rings (SSSR count). The van der Waals surface area contributed by atoms with Gasteiger partial charge in [0.2, 0.25) is 0 Å². The summed E-state index contributed by atoms with van der Waals surface area (Å²) in [7, 11) is 3.75. The number of nitrogens with zero attached hydrogens (tertiary/aromatic N) is 2. The predicted molar refractivity (Wildman–Crippen MR) is 113 cm³/mol. The number of benzene rings is 2. The van der Waals surface area contributed by atoms with Crippen molar-refractivity contribution in [1.29, 1.82) is 0 Å². The molecule has 0 radical (unpaired) electrons. The summed E-state index contributed by atoms with van der Waals surface area (Å²) in [5.74, 6) is 6.03. The molecule has 0 saturated carbocycles. The second kappa shape index (κ2) is 8.09. The number of anilines is 2. The zero-order valence-corrected chi connectivity index (χ0v) is 16.0. The van der Waals surface area contributed by atoms with Crippen LogP contribution < -0.4 is 37.4 Å². The Morgan fingerprint density at radius 2 is 1.82 bits per heavy atom. The summed E-state index contributed by atoms with van der Waals surface area (Å²) in [6, 6.07) is 16.3. The van der Waals surface area contributed by atoms with E-state index in [1.54, 1.807) is 5.01 Å². The van der Waals surface area contributed by atoms with Crippen LogP contribution in [0.15, 0.2) is 60.9 Å². The minimum absolute atomic E-state index is 0.0865. The van der Waals surface area contributed by atoms with Gasteiger partial charge < -0.3 is 10.3 Å². The average Bonchev–Trinajstić information content (AvgIpc) is 2.73. The number of hydrogen-bond acceptors (Lipinski definition) is 8. The fourth-order valence-corrected chi connectivity index (χ4v) is 3.53. The molecule has 7 N–H and O–H groups in total. The summed E-state index contributed by atoms with van der Waals surface area (Å²) in [4.78, 5) is 4.21. The van der Waals surface area contributed by atoms with Crippen molar-refractivity contribution in [3.8, 4) is 0 Å². The van der Waals surface area contributed by atoms with Gasteiger partial charge >= 0.3 is 0 Å². The first-order chi connectivity index (χ1) is 13.7. The summed E-state index contributed by atoms with van der Waals surface area (Å²) in [6.07, 6.45) is 3.32. The van der Waals surface area contributed by atoms with E-state index in [2.05, 4.69) is 49.8 Å². The Bertz CT molecular complexity index is 939. The Balaban J connectivity index is 1.61. The van der Waals surface area contributed by atoms with Gasteiger partial charge in [0, 0.05) is 41.5 Å². The lowest BCUT2D eigenvalue weighted by molar-refractivity contribution is 0.196. The highest BCUT2D eigenvalue weighted by Crippen LogP contribution is 2.26. The van der Waals surface area contributed by atoms with E-state index >= 15 is 0 Å². The van der Waals surface area contributed by atoms with E-state index in [1.165, 1.54) is 0 Å². The molecule has 1 aliphatic rings. The fraction of sp³-hybridized carbons (Fsp3) is 0.250. The summed E-state index contributed by atoms with van der Waals surface area (Å²) >= 11 is 0. The second-order valence-electron chi connectivity index (χ2n) is 6.80. The number of hydrazine groups is 1. The third-order valence-corrected chi connectivity index (χ3v) is 4.90. The molecule has 3 atom stereocenters. The van der Waals surface area contributed by atoms with Crippen LogP contribution >= 0.6 is 0 Å². The van der Waals surface area contributed by atoms with E-state index in [0.29, 0.717) is 0 Å². The molecule has 0 spiro atoms. The standard InChI is InChI=1S/C20H26N8/c1-22-19-25-18(15-7-3-4-9-17(15)28(2)21)26-20(27-19)24-16-8-5-6-13-12-23-11-10-14(13)16/h3-12,18-20,22,24-27H,21H2,1-2H3. The first kappa shape index (κ1) is 18.6. The second-order valence-corrected chi connectivity index (χ2v) is 6.80. The van der Waals surface area contributed by atoms with Crippen molar-refractivity contribution in [1.82, 2.24) is 26.3 Å². The molecule has 0 amide bonds. The van der Waals surface area contributed by atoms with E-state index in [-0.39, 0.29) is 18.7 Å². The van der Waals surface area contributed by atoms with Crippen LogP contribution in [0.25, 0.3) is 10.8 Å². The van der Waals surface area contributed by atoms with E-state index in [0.717, 1.165) is 27.7 Å². The van der Waals surface area contributed by atoms with E-state index < -0.39 is 0 Å². The molecule has 28 heavy (non-hydrogen) atoms. The molecule has 1 aromatic heterocycles. The van der Waals surface area contributed by atoms with Crippen LogP contribution in [0.4, 0.5) is 11.4 Å². The maximum atomic E-state index is 6.03. The topological polar surface area (TPSA) is 102 Å². The highest BCUT2D eigenvalue weighted by molar-refractivity contribution is 5.93. The molecule has 2 heterocycles. The van der Waals surface area contributed by atoms with Gasteiger partial charge in [-0.2, -0.15) is 0 Å². The quantitative estimate of drug-likeness (QED) is 0.291. The SMILES string of the molecule is CNC1NC(Nc2cccc3cnccc23)NC(c2ccccc2N(C)N)N1. The van der Waals surface area contributed by atoms with Crippen LogP contribution in [-0.4, -0.2) is 31.7 Å². The van der Waals surface area contributed by atoms with Crippen LogP contribution in [0.5, 0.6) is 0 Å². The first-order valence-electron chi connectivity index (χ1n) is 9.28. The van der Waals surface area contributed by atoms with Crippen LogP contribution in [0.3, 0.4) is 0 Å². The van der Waals surface area contributed by atoms with Gasteiger partial charge in [-0.3, -0.25) is 26.3 Å². The van der Waals surface area contributed by atoms with E-state index in [4.69, 9.17) is 5.84 Å². The molecule has 1 aliphatic heterocycles. The summed E-state index contributed by atoms with van der Waals surface area (Å²) in [5, 5.41) is 21.2. The Labute approximate surface area is 164 Å². The van der Waals surface area contributed by atoms with Crippen LogP contribution in [0, 0.1) is 0 Å². The van der Waals surface area contributed by atoms with E-state index in [9.17, 15) is 0 Å². The molecular weight excluding hydrogens is 352 g/mol. The summed E-state index contributed by atoms with van der Waals surface area (Å²) in [6.45, 7) is 0. The normalized spacial score (nSPS) is 22.2. The zero-order chi connectivity index (χ0) is 19.5. The Kier molecular flexibility index (Phi) is 5.38. The summed E-state index contributed by atoms with van der Waals surface area (Å²) < 4.78 is 0. The predicted octanol–water partition coefficient (Wildman–Crippen LogP) is 1.22. The van der Waals surface area contributed by atoms with Gasteiger partial charge in [-0.25, -0.2) is 5.84 Å². The molecule has 146 valence electrons. The molecule has 8 heteroatoms. The van der Waals surface area contributed by atoms with Crippen molar-refractivity contribution in [3.63, 3.8) is 0 Å². The largest absolute Gasteiger partial charge is 0.357 e. The Morgan fingerprint density at radius 3 is 2.64 bits per heavy atom. The van der Waals surface area contributed by atoms with Crippen LogP contribution in [-0.2, 0) is 0 Å². The van der Waals surface area contributed by atoms with Crippen molar-refractivity contribution in [2.75, 3.05) is 24.4 Å². The van der Waals surface area contributed by atoms with Gasteiger partial charge in [-0.05, 0) is 25.2 Å². The lowest BCUT2D eigenvalue weighted by Crippen LogP contribution is -2.69. The third kappa shape index (κ3) is 3.77. The first-order valence-corrected chi connectivity index (χ1v) is 9.28. The summed E-state index contributed by atoms with van der Waals surface area (Å²) in [5.41, 5.74) is 3.06. The van der Waals surface area contributed by atoms with Gasteiger partial charge in [-0.1, -0.05) is 30.3 Å². The highest BCUT2D eigenvalue weighted by atomic mass is 15.5. The molecule has 1 saturated heterocycles. The molecule has 0 aliphatic carbocycles. The molecule has 8 nitrogen and oxygen atoms in total. The molecule has 2 aromatic carbocycles. The average molecular weight is 378 g/mol. The van der Waals surface area contributed by atoms with Gasteiger partial charge in [0.05, 0.1) is 11.9 Å². The maximum absolute atomic E-state index is 6.03. The molecule has 3 aromatic rings. The monoisotopic (exact) mass is 378 g/mol. The minimum atomic E-state index is -0.168. The number of nitrogens with two attached hydrogens (primary N) is 1. The van der Waals surface area contributed by atoms with Gasteiger partial charge in [0.25, 0.3) is 0 Å². The lowest BCUT2D eigenvalue weighted by atomic mass is 10.1. The smallest absolute Gasteiger partial charge is 0.136 e. The lowest BCUT2D eigenvalue weighted by Gasteiger charge is -2.40. The number of pyridine rings is 1. The minimum Gasteiger partial charge on any atom is -0.357 e. The van der Waals surface area contributed by atoms with Gasteiger partial charge in [-0.15, -0.1) is 0 Å². The molecule has 3 unspecified atom stereocenters. The van der Waals surface area contributed by atoms with Crippen molar-refractivity contribution in [3.05, 3.63) is 66.5 Å². The Hall–Kier alpha value is -2.75.